The molecule has 0 fully saturated rings. The van der Waals surface area contributed by atoms with E-state index in [-0.39, 0.29) is 12.0 Å². The van der Waals surface area contributed by atoms with Gasteiger partial charge in [0.2, 0.25) is 0 Å². The van der Waals surface area contributed by atoms with Crippen molar-refractivity contribution in [2.45, 2.75) is 32.8 Å². The van der Waals surface area contributed by atoms with Gasteiger partial charge in [-0.15, -0.1) is 0 Å². The van der Waals surface area contributed by atoms with Crippen molar-refractivity contribution in [3.05, 3.63) is 35.4 Å². The normalized spacial score (nSPS) is 14.8. The molecule has 1 aromatic rings. The fourth-order valence-electron chi connectivity index (χ4n) is 1.79. The highest BCUT2D eigenvalue weighted by Gasteiger charge is 2.23. The summed E-state index contributed by atoms with van der Waals surface area (Å²) in [6, 6.07) is 4.02. The third-order valence-corrected chi connectivity index (χ3v) is 2.66. The first-order chi connectivity index (χ1) is 8.32. The summed E-state index contributed by atoms with van der Waals surface area (Å²) in [4.78, 5) is 0. The van der Waals surface area contributed by atoms with Gasteiger partial charge in [-0.1, -0.05) is 26.0 Å². The van der Waals surface area contributed by atoms with Crippen LogP contribution < -0.4 is 5.32 Å². The van der Waals surface area contributed by atoms with E-state index in [0.717, 1.165) is 12.6 Å². The van der Waals surface area contributed by atoms with Crippen LogP contribution in [0.15, 0.2) is 18.2 Å². The van der Waals surface area contributed by atoms with Gasteiger partial charge < -0.3 is 10.4 Å². The fraction of sp³-hybridized carbons (Fsp3) is 0.571. The minimum Gasteiger partial charge on any atom is -0.389 e. The molecule has 1 aromatic carbocycles. The minimum absolute atomic E-state index is 0.0850. The second kappa shape index (κ2) is 6.25. The van der Waals surface area contributed by atoms with Crippen molar-refractivity contribution in [3.63, 3.8) is 0 Å². The van der Waals surface area contributed by atoms with Gasteiger partial charge in [-0.3, -0.25) is 0 Å². The van der Waals surface area contributed by atoms with Gasteiger partial charge in [0, 0.05) is 13.0 Å². The van der Waals surface area contributed by atoms with Gasteiger partial charge in [0.15, 0.2) is 11.6 Å². The van der Waals surface area contributed by atoms with Crippen LogP contribution in [0, 0.1) is 17.6 Å². The van der Waals surface area contributed by atoms with E-state index in [9.17, 15) is 13.9 Å². The fourth-order valence-corrected chi connectivity index (χ4v) is 1.79. The lowest BCUT2D eigenvalue weighted by atomic mass is 9.96. The summed E-state index contributed by atoms with van der Waals surface area (Å²) in [7, 11) is 0. The largest absolute Gasteiger partial charge is 0.389 e. The van der Waals surface area contributed by atoms with E-state index in [1.54, 1.807) is 6.92 Å². The second-order valence-electron chi connectivity index (χ2n) is 5.41. The van der Waals surface area contributed by atoms with E-state index < -0.39 is 17.2 Å². The molecule has 1 rings (SSSR count). The molecule has 2 nitrogen and oxygen atoms in total. The summed E-state index contributed by atoms with van der Waals surface area (Å²) < 4.78 is 26.5. The van der Waals surface area contributed by atoms with Crippen molar-refractivity contribution in [2.75, 3.05) is 13.1 Å². The van der Waals surface area contributed by atoms with Crippen molar-refractivity contribution >= 4 is 0 Å². The first-order valence-electron chi connectivity index (χ1n) is 6.18. The molecule has 0 aromatic heterocycles. The predicted octanol–water partition coefficient (Wildman–Crippen LogP) is 2.50. The molecule has 0 spiro atoms. The summed E-state index contributed by atoms with van der Waals surface area (Å²) in [5.41, 5.74) is -0.893. The third kappa shape index (κ3) is 4.70. The van der Waals surface area contributed by atoms with Crippen LogP contribution in [0.3, 0.4) is 0 Å². The number of hydrogen-bond acceptors (Lipinski definition) is 2. The quantitative estimate of drug-likeness (QED) is 0.820. The molecule has 0 saturated carbocycles. The Morgan fingerprint density at radius 1 is 1.33 bits per heavy atom. The van der Waals surface area contributed by atoms with Gasteiger partial charge in [0.1, 0.15) is 0 Å². The number of benzene rings is 1. The van der Waals surface area contributed by atoms with Crippen molar-refractivity contribution in [2.24, 2.45) is 5.92 Å². The number of halogens is 2. The molecule has 0 radical (unpaired) electrons. The molecular weight excluding hydrogens is 236 g/mol. The summed E-state index contributed by atoms with van der Waals surface area (Å²) in [5.74, 6) is -1.27. The van der Waals surface area contributed by atoms with E-state index in [1.807, 2.05) is 0 Å². The lowest BCUT2D eigenvalue weighted by Crippen LogP contribution is -2.41. The van der Waals surface area contributed by atoms with Crippen LogP contribution in [0.5, 0.6) is 0 Å². The maximum absolute atomic E-state index is 13.5. The zero-order chi connectivity index (χ0) is 13.8. The highest BCUT2D eigenvalue weighted by Crippen LogP contribution is 2.17. The van der Waals surface area contributed by atoms with Crippen LogP contribution in [0.4, 0.5) is 8.78 Å². The molecule has 0 aliphatic carbocycles. The molecule has 0 bridgehead atoms. The Kier molecular flexibility index (Phi) is 5.23. The number of aliphatic hydroxyl groups is 1. The maximum atomic E-state index is 13.5. The standard InChI is InChI=1S/C14H21F2NO/c1-10(2)8-17-9-14(3,18)7-11-5-4-6-12(15)13(11)16/h4-6,10,17-18H,7-9H2,1-3H3. The van der Waals surface area contributed by atoms with Gasteiger partial charge >= 0.3 is 0 Å². The van der Waals surface area contributed by atoms with Gasteiger partial charge in [-0.2, -0.15) is 0 Å². The summed E-state index contributed by atoms with van der Waals surface area (Å²) in [6.07, 6.45) is 0.0850. The van der Waals surface area contributed by atoms with Crippen LogP contribution in [0.25, 0.3) is 0 Å². The van der Waals surface area contributed by atoms with E-state index in [1.165, 1.54) is 12.1 Å². The lowest BCUT2D eigenvalue weighted by molar-refractivity contribution is 0.0585. The van der Waals surface area contributed by atoms with Crippen molar-refractivity contribution in [3.8, 4) is 0 Å². The zero-order valence-corrected chi connectivity index (χ0v) is 11.1. The van der Waals surface area contributed by atoms with Crippen LogP contribution >= 0.6 is 0 Å². The minimum atomic E-state index is -1.09. The van der Waals surface area contributed by atoms with Crippen LogP contribution in [0.1, 0.15) is 26.3 Å². The average molecular weight is 257 g/mol. The Morgan fingerprint density at radius 3 is 2.61 bits per heavy atom. The average Bonchev–Trinajstić information content (AvgIpc) is 2.23. The van der Waals surface area contributed by atoms with Crippen molar-refractivity contribution in [1.29, 1.82) is 0 Å². The second-order valence-corrected chi connectivity index (χ2v) is 5.41. The molecule has 1 unspecified atom stereocenters. The molecule has 0 aliphatic heterocycles. The van der Waals surface area contributed by atoms with Gasteiger partial charge in [0.25, 0.3) is 0 Å². The molecule has 1 atom stereocenters. The van der Waals surface area contributed by atoms with Gasteiger partial charge in [-0.25, -0.2) is 8.78 Å². The monoisotopic (exact) mass is 257 g/mol. The van der Waals surface area contributed by atoms with Gasteiger partial charge in [-0.05, 0) is 31.0 Å². The number of hydrogen-bond donors (Lipinski definition) is 2. The SMILES string of the molecule is CC(C)CNCC(C)(O)Cc1cccc(F)c1F. The number of rotatable bonds is 6. The smallest absolute Gasteiger partial charge is 0.162 e. The van der Waals surface area contributed by atoms with Gasteiger partial charge in [0.05, 0.1) is 5.60 Å². The Labute approximate surface area is 107 Å². The van der Waals surface area contributed by atoms with E-state index >= 15 is 0 Å². The Bertz CT molecular complexity index is 391. The number of nitrogens with one attached hydrogen (secondary N) is 1. The zero-order valence-electron chi connectivity index (χ0n) is 11.1. The third-order valence-electron chi connectivity index (χ3n) is 2.66. The van der Waals surface area contributed by atoms with E-state index in [0.29, 0.717) is 12.5 Å². The molecule has 0 aliphatic rings. The molecule has 0 heterocycles. The van der Waals surface area contributed by atoms with Crippen LogP contribution in [-0.2, 0) is 6.42 Å². The molecular formula is C14H21F2NO. The first kappa shape index (κ1) is 15.1. The lowest BCUT2D eigenvalue weighted by Gasteiger charge is -2.24. The van der Waals surface area contributed by atoms with E-state index in [4.69, 9.17) is 0 Å². The summed E-state index contributed by atoms with van der Waals surface area (Å²) >= 11 is 0. The van der Waals surface area contributed by atoms with Crippen LogP contribution in [0.2, 0.25) is 0 Å². The van der Waals surface area contributed by atoms with Crippen molar-refractivity contribution in [1.82, 2.24) is 5.32 Å². The van der Waals surface area contributed by atoms with E-state index in [2.05, 4.69) is 19.2 Å². The summed E-state index contributed by atoms with van der Waals surface area (Å²) in [6.45, 7) is 6.87. The Morgan fingerprint density at radius 2 is 2.00 bits per heavy atom. The molecule has 0 saturated heterocycles. The molecule has 0 amide bonds. The maximum Gasteiger partial charge on any atom is 0.162 e. The topological polar surface area (TPSA) is 32.3 Å². The Hall–Kier alpha value is -1.00. The molecule has 18 heavy (non-hydrogen) atoms. The molecule has 102 valence electrons. The van der Waals surface area contributed by atoms with Crippen LogP contribution in [-0.4, -0.2) is 23.8 Å². The van der Waals surface area contributed by atoms with Crippen molar-refractivity contribution < 1.29 is 13.9 Å². The summed E-state index contributed by atoms with van der Waals surface area (Å²) in [5, 5.41) is 13.3. The Balaban J connectivity index is 2.61. The highest BCUT2D eigenvalue weighted by atomic mass is 19.2. The predicted molar refractivity (Wildman–Crippen MR) is 68.4 cm³/mol. The molecule has 4 heteroatoms. The highest BCUT2D eigenvalue weighted by molar-refractivity contribution is 5.20. The molecule has 2 N–H and O–H groups in total. The first-order valence-corrected chi connectivity index (χ1v) is 6.18.